The average Bonchev–Trinajstić information content (AvgIpc) is 2.34. The molecule has 5 heteroatoms. The number of ether oxygens (including phenoxy) is 1. The van der Waals surface area contributed by atoms with Gasteiger partial charge in [-0.15, -0.1) is 0 Å². The number of nitrogens with two attached hydrogens (primary N) is 2. The lowest BCUT2D eigenvalue weighted by atomic mass is 10.1. The van der Waals surface area contributed by atoms with Crippen LogP contribution in [0.1, 0.15) is 10.4 Å². The smallest absolute Gasteiger partial charge is 0.250 e. The van der Waals surface area contributed by atoms with E-state index in [-0.39, 0.29) is 11.3 Å². The van der Waals surface area contributed by atoms with Crippen LogP contribution in [0.4, 0.5) is 5.69 Å². The Morgan fingerprint density at radius 3 is 2.39 bits per heavy atom. The first-order valence-corrected chi connectivity index (χ1v) is 5.99. The Bertz CT molecular complexity index is 582. The van der Waals surface area contributed by atoms with Gasteiger partial charge in [-0.05, 0) is 36.4 Å². The fraction of sp³-hybridized carbons (Fsp3) is 0. The second kappa shape index (κ2) is 5.10. The Hall–Kier alpha value is -2.01. The van der Waals surface area contributed by atoms with Crippen LogP contribution in [0.25, 0.3) is 0 Å². The maximum atomic E-state index is 11.2. The maximum Gasteiger partial charge on any atom is 0.250 e. The molecule has 1 amide bonds. The first-order valence-electron chi connectivity index (χ1n) is 5.19. The number of nitrogen functional groups attached to an aromatic ring is 1. The molecule has 0 atom stereocenters. The number of carbonyl (C=O) groups excluding carboxylic acids is 1. The highest BCUT2D eigenvalue weighted by Crippen LogP contribution is 2.30. The minimum absolute atomic E-state index is 0.243. The summed E-state index contributed by atoms with van der Waals surface area (Å²) in [6, 6.07) is 12.2. The van der Waals surface area contributed by atoms with Gasteiger partial charge < -0.3 is 16.2 Å². The van der Waals surface area contributed by atoms with E-state index in [0.29, 0.717) is 11.5 Å². The molecular formula is C13H11BrN2O2. The van der Waals surface area contributed by atoms with Crippen LogP contribution in [0.5, 0.6) is 11.5 Å². The zero-order chi connectivity index (χ0) is 13.1. The van der Waals surface area contributed by atoms with E-state index in [1.165, 1.54) is 0 Å². The summed E-state index contributed by atoms with van der Waals surface area (Å²) in [6.45, 7) is 0. The topological polar surface area (TPSA) is 78.3 Å². The number of hydrogen-bond acceptors (Lipinski definition) is 3. The summed E-state index contributed by atoms with van der Waals surface area (Å²) in [5.74, 6) is 0.467. The molecule has 0 saturated heterocycles. The van der Waals surface area contributed by atoms with E-state index in [2.05, 4.69) is 15.9 Å². The van der Waals surface area contributed by atoms with Crippen molar-refractivity contribution in [1.29, 1.82) is 0 Å². The lowest BCUT2D eigenvalue weighted by Gasteiger charge is -2.10. The average molecular weight is 307 g/mol. The first kappa shape index (κ1) is 12.4. The molecule has 18 heavy (non-hydrogen) atoms. The van der Waals surface area contributed by atoms with Crippen molar-refractivity contribution in [3.63, 3.8) is 0 Å². The number of hydrogen-bond donors (Lipinski definition) is 2. The van der Waals surface area contributed by atoms with Crippen molar-refractivity contribution in [2.75, 3.05) is 5.73 Å². The van der Waals surface area contributed by atoms with Crippen molar-refractivity contribution in [1.82, 2.24) is 0 Å². The summed E-state index contributed by atoms with van der Waals surface area (Å²) in [5.41, 5.74) is 11.5. The number of rotatable bonds is 3. The monoisotopic (exact) mass is 306 g/mol. The largest absolute Gasteiger partial charge is 0.455 e. The molecule has 0 aliphatic heterocycles. The Morgan fingerprint density at radius 1 is 1.11 bits per heavy atom. The van der Waals surface area contributed by atoms with Crippen molar-refractivity contribution in [2.24, 2.45) is 5.73 Å². The van der Waals surface area contributed by atoms with Crippen LogP contribution in [0, 0.1) is 0 Å². The molecule has 2 rings (SSSR count). The van der Waals surface area contributed by atoms with Gasteiger partial charge in [-0.25, -0.2) is 0 Å². The van der Waals surface area contributed by atoms with Gasteiger partial charge in [0.25, 0.3) is 5.91 Å². The highest BCUT2D eigenvalue weighted by Gasteiger charge is 2.10. The number of amides is 1. The molecule has 92 valence electrons. The molecule has 0 saturated carbocycles. The first-order chi connectivity index (χ1) is 8.58. The molecule has 0 radical (unpaired) electrons. The van der Waals surface area contributed by atoms with E-state index in [1.54, 1.807) is 30.3 Å². The van der Waals surface area contributed by atoms with Gasteiger partial charge in [0, 0.05) is 4.47 Å². The van der Waals surface area contributed by atoms with Gasteiger partial charge in [-0.2, -0.15) is 0 Å². The Labute approximate surface area is 113 Å². The number of primary amides is 1. The molecule has 0 aliphatic rings. The van der Waals surface area contributed by atoms with Gasteiger partial charge in [0.15, 0.2) is 5.75 Å². The summed E-state index contributed by atoms with van der Waals surface area (Å²) < 4.78 is 6.55. The number of para-hydroxylation sites is 1. The molecule has 2 aromatic rings. The molecule has 2 aromatic carbocycles. The second-order valence-electron chi connectivity index (χ2n) is 3.64. The molecule has 0 aromatic heterocycles. The Balaban J connectivity index is 2.32. The minimum atomic E-state index is -0.575. The molecule has 0 fully saturated rings. The summed E-state index contributed by atoms with van der Waals surface area (Å²) in [4.78, 5) is 11.2. The molecule has 0 spiro atoms. The van der Waals surface area contributed by atoms with E-state index in [4.69, 9.17) is 16.2 Å². The van der Waals surface area contributed by atoms with Crippen molar-refractivity contribution >= 4 is 27.5 Å². The van der Waals surface area contributed by atoms with Crippen LogP contribution >= 0.6 is 15.9 Å². The lowest BCUT2D eigenvalue weighted by molar-refractivity contribution is 0.100. The zero-order valence-electron chi connectivity index (χ0n) is 9.39. The summed E-state index contributed by atoms with van der Waals surface area (Å²) in [7, 11) is 0. The van der Waals surface area contributed by atoms with Crippen molar-refractivity contribution in [3.05, 3.63) is 52.5 Å². The van der Waals surface area contributed by atoms with Crippen LogP contribution in [0.15, 0.2) is 46.9 Å². The molecule has 0 aliphatic carbocycles. The van der Waals surface area contributed by atoms with E-state index in [9.17, 15) is 4.79 Å². The summed E-state index contributed by atoms with van der Waals surface area (Å²) in [5, 5.41) is 0. The normalized spacial score (nSPS) is 10.1. The second-order valence-corrected chi connectivity index (χ2v) is 4.55. The van der Waals surface area contributed by atoms with Gasteiger partial charge in [-0.3, -0.25) is 4.79 Å². The third kappa shape index (κ3) is 2.62. The van der Waals surface area contributed by atoms with Crippen molar-refractivity contribution in [2.45, 2.75) is 0 Å². The molecule has 0 bridgehead atoms. The molecule has 0 heterocycles. The van der Waals surface area contributed by atoms with Crippen molar-refractivity contribution in [3.8, 4) is 11.5 Å². The van der Waals surface area contributed by atoms with Crippen molar-refractivity contribution < 1.29 is 9.53 Å². The fourth-order valence-electron chi connectivity index (χ4n) is 1.48. The van der Waals surface area contributed by atoms with Crippen LogP contribution in [0.3, 0.4) is 0 Å². The SMILES string of the molecule is NC(=O)c1cccc(Oc2ccc(Br)cc2)c1N. The van der Waals surface area contributed by atoms with Crippen LogP contribution in [0.2, 0.25) is 0 Å². The summed E-state index contributed by atoms with van der Waals surface area (Å²) >= 11 is 3.33. The van der Waals surface area contributed by atoms with Gasteiger partial charge in [-0.1, -0.05) is 22.0 Å². The van der Waals surface area contributed by atoms with Crippen LogP contribution < -0.4 is 16.2 Å². The fourth-order valence-corrected chi connectivity index (χ4v) is 1.74. The predicted octanol–water partition coefficient (Wildman–Crippen LogP) is 2.92. The predicted molar refractivity (Wildman–Crippen MR) is 73.6 cm³/mol. The van der Waals surface area contributed by atoms with Gasteiger partial charge in [0.1, 0.15) is 5.75 Å². The third-order valence-corrected chi connectivity index (χ3v) is 2.90. The minimum Gasteiger partial charge on any atom is -0.455 e. The molecule has 0 unspecified atom stereocenters. The highest BCUT2D eigenvalue weighted by atomic mass is 79.9. The lowest BCUT2D eigenvalue weighted by Crippen LogP contribution is -2.13. The highest BCUT2D eigenvalue weighted by molar-refractivity contribution is 9.10. The van der Waals surface area contributed by atoms with E-state index >= 15 is 0 Å². The van der Waals surface area contributed by atoms with Crippen LogP contribution in [-0.2, 0) is 0 Å². The quantitative estimate of drug-likeness (QED) is 0.856. The van der Waals surface area contributed by atoms with Gasteiger partial charge in [0.2, 0.25) is 0 Å². The summed E-state index contributed by atoms with van der Waals surface area (Å²) in [6.07, 6.45) is 0. The van der Waals surface area contributed by atoms with E-state index in [0.717, 1.165) is 4.47 Å². The number of anilines is 1. The van der Waals surface area contributed by atoms with E-state index in [1.807, 2.05) is 12.1 Å². The Kier molecular flexibility index (Phi) is 3.53. The molecule has 4 nitrogen and oxygen atoms in total. The molecule has 4 N–H and O–H groups in total. The molecular weight excluding hydrogens is 296 g/mol. The van der Waals surface area contributed by atoms with E-state index < -0.39 is 5.91 Å². The number of carbonyl (C=O) groups is 1. The number of halogens is 1. The van der Waals surface area contributed by atoms with Gasteiger partial charge >= 0.3 is 0 Å². The van der Waals surface area contributed by atoms with Gasteiger partial charge in [0.05, 0.1) is 11.3 Å². The zero-order valence-corrected chi connectivity index (χ0v) is 11.0. The maximum absolute atomic E-state index is 11.2. The van der Waals surface area contributed by atoms with Crippen LogP contribution in [-0.4, -0.2) is 5.91 Å². The third-order valence-electron chi connectivity index (χ3n) is 2.37. The Morgan fingerprint density at radius 2 is 1.78 bits per heavy atom. The number of benzene rings is 2. The standard InChI is InChI=1S/C13H11BrN2O2/c14-8-4-6-9(7-5-8)18-11-3-1-2-10(12(11)15)13(16)17/h1-7H,15H2,(H2,16,17).